The second kappa shape index (κ2) is 16.2. The van der Waals surface area contributed by atoms with E-state index in [4.69, 9.17) is 46.4 Å². The molecule has 0 radical (unpaired) electrons. The number of nitrogens with zero attached hydrogens (tertiary/aromatic N) is 2. The zero-order chi connectivity index (χ0) is 34.3. The molecule has 0 heterocycles. The SMILES string of the molecule is Cc1ccc(S(=O)(=O)N(CC(=O)N(Cc2ccc(Cl)cc2Cl)[C@@H](Cc2ccccc2)C(=O)NCC(C)C)c2cccc(Cl)c2Cl)cc1. The largest absolute Gasteiger partial charge is 0.354 e. The molecule has 2 amide bonds. The Hall–Kier alpha value is -3.27. The predicted molar refractivity (Wildman–Crippen MR) is 191 cm³/mol. The van der Waals surface area contributed by atoms with Crippen LogP contribution in [0.3, 0.4) is 0 Å². The third-order valence-electron chi connectivity index (χ3n) is 7.40. The van der Waals surface area contributed by atoms with Crippen molar-refractivity contribution >= 4 is 73.9 Å². The average Bonchev–Trinajstić information content (AvgIpc) is 3.03. The highest BCUT2D eigenvalue weighted by Crippen LogP contribution is 2.36. The fourth-order valence-electron chi connectivity index (χ4n) is 4.85. The Bertz CT molecular complexity index is 1820. The van der Waals surface area contributed by atoms with Crippen molar-refractivity contribution in [3.8, 4) is 0 Å². The van der Waals surface area contributed by atoms with Crippen molar-refractivity contribution in [3.05, 3.63) is 128 Å². The van der Waals surface area contributed by atoms with Gasteiger partial charge in [0.2, 0.25) is 11.8 Å². The lowest BCUT2D eigenvalue weighted by molar-refractivity contribution is -0.140. The van der Waals surface area contributed by atoms with Crippen LogP contribution in [-0.2, 0) is 32.6 Å². The number of hydrogen-bond donors (Lipinski definition) is 1. The van der Waals surface area contributed by atoms with Crippen LogP contribution >= 0.6 is 46.4 Å². The van der Waals surface area contributed by atoms with Crippen molar-refractivity contribution in [2.75, 3.05) is 17.4 Å². The highest BCUT2D eigenvalue weighted by Gasteiger charge is 2.35. The molecular weight excluding hydrogens is 700 g/mol. The average molecular weight is 736 g/mol. The van der Waals surface area contributed by atoms with E-state index in [0.717, 1.165) is 15.4 Å². The van der Waals surface area contributed by atoms with Gasteiger partial charge in [-0.15, -0.1) is 0 Å². The first-order valence-corrected chi connectivity index (χ1v) is 17.8. The van der Waals surface area contributed by atoms with Crippen molar-refractivity contribution in [1.29, 1.82) is 0 Å². The summed E-state index contributed by atoms with van der Waals surface area (Å²) >= 11 is 25.6. The van der Waals surface area contributed by atoms with E-state index in [9.17, 15) is 18.0 Å². The highest BCUT2D eigenvalue weighted by molar-refractivity contribution is 7.92. The molecule has 0 bridgehead atoms. The molecular formula is C35H35Cl4N3O4S. The van der Waals surface area contributed by atoms with E-state index in [1.54, 1.807) is 36.4 Å². The summed E-state index contributed by atoms with van der Waals surface area (Å²) in [4.78, 5) is 29.8. The van der Waals surface area contributed by atoms with Crippen molar-refractivity contribution < 1.29 is 18.0 Å². The van der Waals surface area contributed by atoms with Gasteiger partial charge in [-0.3, -0.25) is 13.9 Å². The molecule has 4 aromatic carbocycles. The lowest BCUT2D eigenvalue weighted by Gasteiger charge is -2.34. The maximum Gasteiger partial charge on any atom is 0.264 e. The molecule has 0 spiro atoms. The highest BCUT2D eigenvalue weighted by atomic mass is 35.5. The van der Waals surface area contributed by atoms with Crippen molar-refractivity contribution in [1.82, 2.24) is 10.2 Å². The molecule has 7 nitrogen and oxygen atoms in total. The summed E-state index contributed by atoms with van der Waals surface area (Å²) < 4.78 is 29.4. The van der Waals surface area contributed by atoms with Crippen LogP contribution in [0, 0.1) is 12.8 Å². The van der Waals surface area contributed by atoms with Crippen molar-refractivity contribution in [3.63, 3.8) is 0 Å². The lowest BCUT2D eigenvalue weighted by atomic mass is 10.0. The number of nitrogens with one attached hydrogen (secondary N) is 1. The molecule has 248 valence electrons. The number of carbonyl (C=O) groups is 2. The number of hydrogen-bond acceptors (Lipinski definition) is 4. The van der Waals surface area contributed by atoms with Crippen LogP contribution in [0.25, 0.3) is 0 Å². The molecule has 0 unspecified atom stereocenters. The molecule has 47 heavy (non-hydrogen) atoms. The second-order valence-electron chi connectivity index (χ2n) is 11.5. The quantitative estimate of drug-likeness (QED) is 0.150. The van der Waals surface area contributed by atoms with Crippen LogP contribution in [0.4, 0.5) is 5.69 Å². The summed E-state index contributed by atoms with van der Waals surface area (Å²) in [5.74, 6) is -0.913. The topological polar surface area (TPSA) is 86.8 Å². The zero-order valence-corrected chi connectivity index (χ0v) is 29.9. The van der Waals surface area contributed by atoms with E-state index in [1.807, 2.05) is 51.1 Å². The van der Waals surface area contributed by atoms with Gasteiger partial charge in [-0.05, 0) is 60.4 Å². The summed E-state index contributed by atoms with van der Waals surface area (Å²) in [6, 6.07) is 23.9. The number of benzene rings is 4. The number of halogens is 4. The number of aryl methyl sites for hydroxylation is 1. The maximum absolute atomic E-state index is 14.6. The van der Waals surface area contributed by atoms with Crippen LogP contribution in [0.5, 0.6) is 0 Å². The van der Waals surface area contributed by atoms with Gasteiger partial charge in [-0.25, -0.2) is 8.42 Å². The smallest absolute Gasteiger partial charge is 0.264 e. The summed E-state index contributed by atoms with van der Waals surface area (Å²) in [7, 11) is -4.35. The molecule has 4 rings (SSSR count). The van der Waals surface area contributed by atoms with Crippen molar-refractivity contribution in [2.45, 2.75) is 44.7 Å². The Kier molecular flexibility index (Phi) is 12.6. The zero-order valence-electron chi connectivity index (χ0n) is 26.1. The molecule has 0 aromatic heterocycles. The third-order valence-corrected chi connectivity index (χ3v) is 10.6. The van der Waals surface area contributed by atoms with E-state index >= 15 is 0 Å². The van der Waals surface area contributed by atoms with Gasteiger partial charge in [0.25, 0.3) is 10.0 Å². The number of sulfonamides is 1. The van der Waals surface area contributed by atoms with Gasteiger partial charge in [0.1, 0.15) is 12.6 Å². The van der Waals surface area contributed by atoms with Crippen LogP contribution < -0.4 is 9.62 Å². The van der Waals surface area contributed by atoms with E-state index in [2.05, 4.69) is 5.32 Å². The fourth-order valence-corrected chi connectivity index (χ4v) is 7.19. The van der Waals surface area contributed by atoms with Gasteiger partial charge < -0.3 is 10.2 Å². The Balaban J connectivity index is 1.85. The normalized spacial score (nSPS) is 12.1. The predicted octanol–water partition coefficient (Wildman–Crippen LogP) is 8.22. The maximum atomic E-state index is 14.6. The van der Waals surface area contributed by atoms with Crippen LogP contribution in [0.15, 0.2) is 95.9 Å². The molecule has 0 fully saturated rings. The minimum Gasteiger partial charge on any atom is -0.354 e. The van der Waals surface area contributed by atoms with Gasteiger partial charge in [-0.2, -0.15) is 0 Å². The van der Waals surface area contributed by atoms with Crippen LogP contribution in [0.2, 0.25) is 20.1 Å². The van der Waals surface area contributed by atoms with E-state index in [1.165, 1.54) is 29.2 Å². The Morgan fingerprint density at radius 2 is 1.51 bits per heavy atom. The minimum absolute atomic E-state index is 0.0152. The molecule has 0 saturated heterocycles. The molecule has 1 atom stereocenters. The first-order chi connectivity index (χ1) is 22.3. The van der Waals surface area contributed by atoms with Gasteiger partial charge >= 0.3 is 0 Å². The Morgan fingerprint density at radius 1 is 0.830 bits per heavy atom. The number of amides is 2. The standard InChI is InChI=1S/C35H35Cl4N3O4S/c1-23(2)20-40-35(44)32(18-25-8-5-4-6-9-25)41(21-26-14-15-27(36)19-30(26)38)33(43)22-42(31-11-7-10-29(37)34(31)39)47(45,46)28-16-12-24(3)13-17-28/h4-17,19,23,32H,18,20-22H2,1-3H3,(H,40,44)/t32-/m0/s1. The second-order valence-corrected chi connectivity index (χ2v) is 15.0. The summed E-state index contributed by atoms with van der Waals surface area (Å²) in [5.41, 5.74) is 2.20. The van der Waals surface area contributed by atoms with E-state index in [0.29, 0.717) is 22.2 Å². The first-order valence-electron chi connectivity index (χ1n) is 14.9. The molecule has 4 aromatic rings. The molecule has 0 aliphatic heterocycles. The molecule has 0 aliphatic rings. The van der Waals surface area contributed by atoms with Crippen molar-refractivity contribution in [2.24, 2.45) is 5.92 Å². The van der Waals surface area contributed by atoms with E-state index < -0.39 is 34.4 Å². The first kappa shape index (κ1) is 36.6. The Labute approximate surface area is 296 Å². The molecule has 1 N–H and O–H groups in total. The lowest BCUT2D eigenvalue weighted by Crippen LogP contribution is -2.53. The molecule has 0 aliphatic carbocycles. The van der Waals surface area contributed by atoms with Gasteiger partial charge in [0, 0.05) is 29.6 Å². The van der Waals surface area contributed by atoms with Gasteiger partial charge in [0.15, 0.2) is 0 Å². The van der Waals surface area contributed by atoms with Gasteiger partial charge in [-0.1, -0.05) is 120 Å². The monoisotopic (exact) mass is 733 g/mol. The minimum atomic E-state index is -4.35. The number of anilines is 1. The molecule has 12 heteroatoms. The molecule has 0 saturated carbocycles. The van der Waals surface area contributed by atoms with Crippen LogP contribution in [0.1, 0.15) is 30.5 Å². The number of rotatable bonds is 13. The third kappa shape index (κ3) is 9.42. The van der Waals surface area contributed by atoms with E-state index in [-0.39, 0.29) is 39.5 Å². The summed E-state index contributed by atoms with van der Waals surface area (Å²) in [6.07, 6.45) is 0.157. The number of carbonyl (C=O) groups excluding carboxylic acids is 2. The summed E-state index contributed by atoms with van der Waals surface area (Å²) in [6.45, 7) is 5.34. The fraction of sp³-hybridized carbons (Fsp3) is 0.257. The van der Waals surface area contributed by atoms with Gasteiger partial charge in [0.05, 0.1) is 20.6 Å². The summed E-state index contributed by atoms with van der Waals surface area (Å²) in [5, 5.41) is 3.71. The Morgan fingerprint density at radius 3 is 2.15 bits per heavy atom. The van der Waals surface area contributed by atoms with Crippen LogP contribution in [-0.4, -0.2) is 44.3 Å².